The van der Waals surface area contributed by atoms with E-state index in [0.29, 0.717) is 11.3 Å². The number of hydrazone groups is 1. The number of ether oxygens (including phenoxy) is 2. The van der Waals surface area contributed by atoms with Gasteiger partial charge in [0.2, 0.25) is 0 Å². The van der Waals surface area contributed by atoms with Crippen LogP contribution in [0.25, 0.3) is 0 Å². The molecule has 0 unspecified atom stereocenters. The van der Waals surface area contributed by atoms with Crippen LogP contribution < -0.4 is 10.2 Å². The maximum atomic E-state index is 11.9. The molecule has 124 valence electrons. The first kappa shape index (κ1) is 17.2. The van der Waals surface area contributed by atoms with Gasteiger partial charge in [-0.25, -0.2) is 10.2 Å². The van der Waals surface area contributed by atoms with E-state index in [9.17, 15) is 9.59 Å². The Bertz CT molecular complexity index is 739. The Morgan fingerprint density at radius 1 is 1.17 bits per heavy atom. The lowest BCUT2D eigenvalue weighted by Crippen LogP contribution is -2.17. The quantitative estimate of drug-likeness (QED) is 0.502. The van der Waals surface area contributed by atoms with Gasteiger partial charge in [-0.1, -0.05) is 17.7 Å². The number of methoxy groups -OCH3 is 1. The molecule has 0 spiro atoms. The first-order valence-electron chi connectivity index (χ1n) is 7.28. The second-order valence-electron chi connectivity index (χ2n) is 5.00. The summed E-state index contributed by atoms with van der Waals surface area (Å²) < 4.78 is 9.73. The highest BCUT2D eigenvalue weighted by Crippen LogP contribution is 2.11. The Labute approximate surface area is 140 Å². The third-order valence-corrected chi connectivity index (χ3v) is 3.12. The highest BCUT2D eigenvalue weighted by Gasteiger charge is 2.03. The Morgan fingerprint density at radius 2 is 1.92 bits per heavy atom. The average Bonchev–Trinajstić information content (AvgIpc) is 2.60. The number of hydrogen-bond donors (Lipinski definition) is 1. The van der Waals surface area contributed by atoms with Gasteiger partial charge in [0.25, 0.3) is 5.91 Å². The van der Waals surface area contributed by atoms with Gasteiger partial charge >= 0.3 is 5.97 Å². The number of carbonyl (C=O) groups is 2. The number of nitrogens with one attached hydrogen (secondary N) is 1. The number of benzene rings is 2. The minimum Gasteiger partial charge on any atom is -0.482 e. The molecule has 6 nitrogen and oxygen atoms in total. The van der Waals surface area contributed by atoms with E-state index in [1.807, 2.05) is 19.1 Å². The number of carbonyl (C=O) groups excluding carboxylic acids is 2. The normalized spacial score (nSPS) is 10.4. The van der Waals surface area contributed by atoms with Crippen LogP contribution in [0, 0.1) is 6.92 Å². The third-order valence-electron chi connectivity index (χ3n) is 3.12. The topological polar surface area (TPSA) is 77.0 Å². The molecule has 1 N–H and O–H groups in total. The van der Waals surface area contributed by atoms with Crippen molar-refractivity contribution in [2.24, 2.45) is 5.10 Å². The molecule has 0 aromatic heterocycles. The summed E-state index contributed by atoms with van der Waals surface area (Å²) in [7, 11) is 1.30. The summed E-state index contributed by atoms with van der Waals surface area (Å²) in [5, 5.41) is 3.93. The zero-order valence-corrected chi connectivity index (χ0v) is 13.5. The molecule has 0 aliphatic rings. The van der Waals surface area contributed by atoms with E-state index in [0.717, 1.165) is 11.1 Å². The first-order chi connectivity index (χ1) is 11.6. The summed E-state index contributed by atoms with van der Waals surface area (Å²) in [6.07, 6.45) is 1.53. The standard InChI is InChI=1S/C18H18N2O4/c1-13-4-3-5-15(10-13)18(22)20-19-11-14-6-8-16(9-7-14)24-12-17(21)23-2/h3-11H,12H2,1-2H3,(H,20,22)/b19-11-. The summed E-state index contributed by atoms with van der Waals surface area (Å²) in [4.78, 5) is 22.9. The Hall–Kier alpha value is -3.15. The molecule has 2 aromatic carbocycles. The molecule has 0 atom stereocenters. The minimum absolute atomic E-state index is 0.142. The number of hydrogen-bond acceptors (Lipinski definition) is 5. The van der Waals surface area contributed by atoms with Gasteiger partial charge < -0.3 is 9.47 Å². The number of nitrogens with zero attached hydrogens (tertiary/aromatic N) is 1. The maximum Gasteiger partial charge on any atom is 0.343 e. The lowest BCUT2D eigenvalue weighted by Gasteiger charge is -2.04. The molecule has 0 radical (unpaired) electrons. The maximum absolute atomic E-state index is 11.9. The van der Waals surface area contributed by atoms with E-state index in [1.165, 1.54) is 13.3 Å². The van der Waals surface area contributed by atoms with Gasteiger partial charge in [-0.2, -0.15) is 5.10 Å². The van der Waals surface area contributed by atoms with Gasteiger partial charge in [0.05, 0.1) is 13.3 Å². The van der Waals surface area contributed by atoms with Gasteiger partial charge in [-0.15, -0.1) is 0 Å². The summed E-state index contributed by atoms with van der Waals surface area (Å²) in [5.74, 6) is -0.172. The zero-order valence-electron chi connectivity index (χ0n) is 13.5. The molecule has 0 aliphatic carbocycles. The van der Waals surface area contributed by atoms with Crippen molar-refractivity contribution in [2.75, 3.05) is 13.7 Å². The van der Waals surface area contributed by atoms with Crippen molar-refractivity contribution in [3.63, 3.8) is 0 Å². The SMILES string of the molecule is COC(=O)COc1ccc(/C=N\NC(=O)c2cccc(C)c2)cc1. The van der Waals surface area contributed by atoms with Crippen LogP contribution in [0.3, 0.4) is 0 Å². The van der Waals surface area contributed by atoms with E-state index < -0.39 is 5.97 Å². The Morgan fingerprint density at radius 3 is 2.58 bits per heavy atom. The summed E-state index contributed by atoms with van der Waals surface area (Å²) in [5.41, 5.74) is 4.82. The number of rotatable bonds is 6. The van der Waals surface area contributed by atoms with Crippen molar-refractivity contribution in [1.82, 2.24) is 5.43 Å². The fourth-order valence-corrected chi connectivity index (χ4v) is 1.87. The molecule has 0 heterocycles. The monoisotopic (exact) mass is 326 g/mol. The molecular formula is C18H18N2O4. The van der Waals surface area contributed by atoms with Gasteiger partial charge in [0.15, 0.2) is 6.61 Å². The van der Waals surface area contributed by atoms with Crippen LogP contribution in [0.15, 0.2) is 53.6 Å². The smallest absolute Gasteiger partial charge is 0.343 e. The minimum atomic E-state index is -0.445. The molecule has 6 heteroatoms. The number of aryl methyl sites for hydroxylation is 1. The van der Waals surface area contributed by atoms with E-state index >= 15 is 0 Å². The Balaban J connectivity index is 1.88. The zero-order chi connectivity index (χ0) is 17.4. The van der Waals surface area contributed by atoms with Crippen molar-refractivity contribution in [3.8, 4) is 5.75 Å². The molecule has 0 bridgehead atoms. The second kappa shape index (κ2) is 8.47. The van der Waals surface area contributed by atoms with E-state index in [4.69, 9.17) is 4.74 Å². The number of amides is 1. The highest BCUT2D eigenvalue weighted by atomic mass is 16.6. The van der Waals surface area contributed by atoms with Crippen LogP contribution in [-0.2, 0) is 9.53 Å². The molecular weight excluding hydrogens is 308 g/mol. The predicted octanol–water partition coefficient (Wildman–Crippen LogP) is 2.31. The van der Waals surface area contributed by atoms with Gasteiger partial charge in [0.1, 0.15) is 5.75 Å². The highest BCUT2D eigenvalue weighted by molar-refractivity contribution is 5.95. The fourth-order valence-electron chi connectivity index (χ4n) is 1.87. The molecule has 0 saturated heterocycles. The Kier molecular flexibility index (Phi) is 6.08. The van der Waals surface area contributed by atoms with E-state index in [1.54, 1.807) is 36.4 Å². The van der Waals surface area contributed by atoms with Crippen molar-refractivity contribution in [3.05, 3.63) is 65.2 Å². The van der Waals surface area contributed by atoms with Gasteiger partial charge in [-0.05, 0) is 48.9 Å². The summed E-state index contributed by atoms with van der Waals surface area (Å²) >= 11 is 0. The van der Waals surface area contributed by atoms with Gasteiger partial charge in [-0.3, -0.25) is 4.79 Å². The fraction of sp³-hybridized carbons (Fsp3) is 0.167. The lowest BCUT2D eigenvalue weighted by atomic mass is 10.1. The van der Waals surface area contributed by atoms with E-state index in [2.05, 4.69) is 15.3 Å². The summed E-state index contributed by atoms with van der Waals surface area (Å²) in [6, 6.07) is 14.2. The molecule has 0 aliphatic heterocycles. The largest absolute Gasteiger partial charge is 0.482 e. The average molecular weight is 326 g/mol. The summed E-state index contributed by atoms with van der Waals surface area (Å²) in [6.45, 7) is 1.78. The molecule has 24 heavy (non-hydrogen) atoms. The van der Waals surface area contributed by atoms with Crippen LogP contribution in [0.1, 0.15) is 21.5 Å². The first-order valence-corrected chi connectivity index (χ1v) is 7.28. The van der Waals surface area contributed by atoms with Crippen molar-refractivity contribution < 1.29 is 19.1 Å². The molecule has 0 saturated carbocycles. The second-order valence-corrected chi connectivity index (χ2v) is 5.00. The van der Waals surface area contributed by atoms with Crippen molar-refractivity contribution in [1.29, 1.82) is 0 Å². The van der Waals surface area contributed by atoms with Gasteiger partial charge in [0, 0.05) is 5.56 Å². The molecule has 1 amide bonds. The van der Waals surface area contributed by atoms with Crippen LogP contribution in [0.5, 0.6) is 5.75 Å². The van der Waals surface area contributed by atoms with Crippen LogP contribution in [0.2, 0.25) is 0 Å². The van der Waals surface area contributed by atoms with Crippen LogP contribution >= 0.6 is 0 Å². The van der Waals surface area contributed by atoms with Crippen molar-refractivity contribution >= 4 is 18.1 Å². The van der Waals surface area contributed by atoms with E-state index in [-0.39, 0.29) is 12.5 Å². The van der Waals surface area contributed by atoms with Crippen LogP contribution in [-0.4, -0.2) is 31.8 Å². The third kappa shape index (κ3) is 5.24. The van der Waals surface area contributed by atoms with Crippen LogP contribution in [0.4, 0.5) is 0 Å². The molecule has 0 fully saturated rings. The predicted molar refractivity (Wildman–Crippen MR) is 90.2 cm³/mol. The number of esters is 1. The molecule has 2 rings (SSSR count). The van der Waals surface area contributed by atoms with Crippen molar-refractivity contribution in [2.45, 2.75) is 6.92 Å². The molecule has 2 aromatic rings. The lowest BCUT2D eigenvalue weighted by molar-refractivity contribution is -0.142.